The lowest BCUT2D eigenvalue weighted by molar-refractivity contribution is -0.138. The number of likely N-dealkylation sites (tertiary alicyclic amines) is 1. The number of benzene rings is 1. The van der Waals surface area contributed by atoms with Crippen LogP contribution in [-0.4, -0.2) is 28.9 Å². The summed E-state index contributed by atoms with van der Waals surface area (Å²) in [6, 6.07) is 6.76. The molecule has 1 atom stereocenters. The Hall–Kier alpha value is -2.44. The standard InChI is InChI=1S/C20H20F4N2O/c21-17-10-16(11-25-12-17)19(27)26-9-3-4-14(13-26)7-8-15-5-1-2-6-18(15)20(22,23)24/h1-2,5-6,10-12,14H,3-4,7-9,13H2/t14-/m0/s1. The van der Waals surface area contributed by atoms with Gasteiger partial charge in [-0.25, -0.2) is 4.39 Å². The van der Waals surface area contributed by atoms with Crippen LogP contribution in [0.4, 0.5) is 17.6 Å². The number of amides is 1. The summed E-state index contributed by atoms with van der Waals surface area (Å²) in [7, 11) is 0. The van der Waals surface area contributed by atoms with E-state index in [4.69, 9.17) is 0 Å². The average molecular weight is 380 g/mol. The minimum Gasteiger partial charge on any atom is -0.338 e. The van der Waals surface area contributed by atoms with Crippen LogP contribution in [0.3, 0.4) is 0 Å². The molecule has 0 aliphatic carbocycles. The zero-order valence-electron chi connectivity index (χ0n) is 14.7. The Morgan fingerprint density at radius 3 is 2.74 bits per heavy atom. The maximum Gasteiger partial charge on any atom is 0.416 e. The van der Waals surface area contributed by atoms with Gasteiger partial charge in [-0.1, -0.05) is 18.2 Å². The topological polar surface area (TPSA) is 33.2 Å². The number of rotatable bonds is 4. The predicted molar refractivity (Wildman–Crippen MR) is 92.6 cm³/mol. The Morgan fingerprint density at radius 1 is 1.22 bits per heavy atom. The first kappa shape index (κ1) is 19.3. The number of piperidine rings is 1. The fourth-order valence-corrected chi connectivity index (χ4v) is 3.57. The van der Waals surface area contributed by atoms with Gasteiger partial charge in [0, 0.05) is 19.3 Å². The van der Waals surface area contributed by atoms with Crippen LogP contribution >= 0.6 is 0 Å². The zero-order valence-corrected chi connectivity index (χ0v) is 14.7. The molecule has 0 unspecified atom stereocenters. The van der Waals surface area contributed by atoms with E-state index in [2.05, 4.69) is 4.98 Å². The molecule has 2 heterocycles. The quantitative estimate of drug-likeness (QED) is 0.719. The van der Waals surface area contributed by atoms with Gasteiger partial charge < -0.3 is 4.90 Å². The van der Waals surface area contributed by atoms with Crippen LogP contribution in [-0.2, 0) is 12.6 Å². The SMILES string of the molecule is O=C(c1cncc(F)c1)N1CCC[C@@H](CCc2ccccc2C(F)(F)F)C1. The van der Waals surface area contributed by atoms with E-state index in [-0.39, 0.29) is 23.0 Å². The van der Waals surface area contributed by atoms with Crippen molar-refractivity contribution in [2.24, 2.45) is 5.92 Å². The maximum atomic E-state index is 13.3. The number of halogens is 4. The molecule has 2 aromatic rings. The number of carbonyl (C=O) groups excluding carboxylic acids is 1. The van der Waals surface area contributed by atoms with Crippen molar-refractivity contribution in [1.82, 2.24) is 9.88 Å². The van der Waals surface area contributed by atoms with Gasteiger partial charge in [0.05, 0.1) is 17.3 Å². The van der Waals surface area contributed by atoms with Gasteiger partial charge in [0.2, 0.25) is 0 Å². The van der Waals surface area contributed by atoms with E-state index in [1.165, 1.54) is 18.3 Å². The monoisotopic (exact) mass is 380 g/mol. The summed E-state index contributed by atoms with van der Waals surface area (Å²) in [5.41, 5.74) is -0.125. The second kappa shape index (κ2) is 8.06. The third kappa shape index (κ3) is 4.84. The molecule has 3 nitrogen and oxygen atoms in total. The van der Waals surface area contributed by atoms with Crippen LogP contribution in [0.15, 0.2) is 42.7 Å². The van der Waals surface area contributed by atoms with Gasteiger partial charge in [0.25, 0.3) is 5.91 Å². The van der Waals surface area contributed by atoms with E-state index in [1.54, 1.807) is 11.0 Å². The third-order valence-corrected chi connectivity index (χ3v) is 4.90. The van der Waals surface area contributed by atoms with E-state index < -0.39 is 17.6 Å². The van der Waals surface area contributed by atoms with E-state index in [0.29, 0.717) is 25.9 Å². The Morgan fingerprint density at radius 2 is 2.00 bits per heavy atom. The van der Waals surface area contributed by atoms with Gasteiger partial charge >= 0.3 is 6.18 Å². The van der Waals surface area contributed by atoms with Crippen molar-refractivity contribution in [2.45, 2.75) is 31.9 Å². The van der Waals surface area contributed by atoms with E-state index >= 15 is 0 Å². The maximum absolute atomic E-state index is 13.3. The highest BCUT2D eigenvalue weighted by Crippen LogP contribution is 2.33. The molecule has 3 rings (SSSR count). The van der Waals surface area contributed by atoms with Crippen molar-refractivity contribution in [1.29, 1.82) is 0 Å². The Kier molecular flexibility index (Phi) is 5.77. The molecule has 0 spiro atoms. The smallest absolute Gasteiger partial charge is 0.338 e. The summed E-state index contributed by atoms with van der Waals surface area (Å²) in [4.78, 5) is 17.9. The Balaban J connectivity index is 1.63. The van der Waals surface area contributed by atoms with Crippen LogP contribution in [0.25, 0.3) is 0 Å². The lowest BCUT2D eigenvalue weighted by Crippen LogP contribution is -2.40. The minimum atomic E-state index is -4.37. The minimum absolute atomic E-state index is 0.116. The van der Waals surface area contributed by atoms with Crippen molar-refractivity contribution in [2.75, 3.05) is 13.1 Å². The number of carbonyl (C=O) groups is 1. The van der Waals surface area contributed by atoms with Crippen molar-refractivity contribution in [3.63, 3.8) is 0 Å². The highest BCUT2D eigenvalue weighted by atomic mass is 19.4. The van der Waals surface area contributed by atoms with Gasteiger partial charge in [-0.3, -0.25) is 9.78 Å². The van der Waals surface area contributed by atoms with Crippen molar-refractivity contribution < 1.29 is 22.4 Å². The number of aromatic nitrogens is 1. The highest BCUT2D eigenvalue weighted by molar-refractivity contribution is 5.93. The number of pyridine rings is 1. The molecule has 1 aromatic heterocycles. The third-order valence-electron chi connectivity index (χ3n) is 4.90. The van der Waals surface area contributed by atoms with Crippen LogP contribution in [0.1, 0.15) is 40.7 Å². The van der Waals surface area contributed by atoms with Gasteiger partial charge in [0.15, 0.2) is 0 Å². The van der Waals surface area contributed by atoms with Crippen molar-refractivity contribution >= 4 is 5.91 Å². The molecular formula is C20H20F4N2O. The summed E-state index contributed by atoms with van der Waals surface area (Å²) < 4.78 is 52.6. The molecule has 1 aromatic carbocycles. The first-order valence-electron chi connectivity index (χ1n) is 8.89. The molecule has 7 heteroatoms. The second-order valence-corrected chi connectivity index (χ2v) is 6.84. The number of hydrogen-bond donors (Lipinski definition) is 0. The molecule has 0 N–H and O–H groups in total. The molecule has 0 saturated carbocycles. The average Bonchev–Trinajstić information content (AvgIpc) is 2.65. The lowest BCUT2D eigenvalue weighted by Gasteiger charge is -2.33. The van der Waals surface area contributed by atoms with Gasteiger partial charge in [0.1, 0.15) is 5.82 Å². The number of hydrogen-bond acceptors (Lipinski definition) is 2. The van der Waals surface area contributed by atoms with E-state index in [9.17, 15) is 22.4 Å². The second-order valence-electron chi connectivity index (χ2n) is 6.84. The lowest BCUT2D eigenvalue weighted by atomic mass is 9.90. The first-order valence-corrected chi connectivity index (χ1v) is 8.89. The molecule has 1 fully saturated rings. The summed E-state index contributed by atoms with van der Waals surface area (Å²) in [6.45, 7) is 1.02. The Bertz CT molecular complexity index is 807. The molecule has 0 bridgehead atoms. The van der Waals surface area contributed by atoms with E-state index in [0.717, 1.165) is 31.2 Å². The van der Waals surface area contributed by atoms with Crippen LogP contribution < -0.4 is 0 Å². The molecule has 1 aliphatic heterocycles. The highest BCUT2D eigenvalue weighted by Gasteiger charge is 2.33. The van der Waals surface area contributed by atoms with E-state index in [1.807, 2.05) is 0 Å². The zero-order chi connectivity index (χ0) is 19.4. The molecule has 1 saturated heterocycles. The molecule has 27 heavy (non-hydrogen) atoms. The molecule has 0 radical (unpaired) electrons. The van der Waals surface area contributed by atoms with Crippen molar-refractivity contribution in [3.8, 4) is 0 Å². The normalized spacial score (nSPS) is 17.8. The van der Waals surface area contributed by atoms with Crippen LogP contribution in [0.2, 0.25) is 0 Å². The summed E-state index contributed by atoms with van der Waals surface area (Å²) in [5, 5.41) is 0. The first-order chi connectivity index (χ1) is 12.8. The van der Waals surface area contributed by atoms with Gasteiger partial charge in [-0.15, -0.1) is 0 Å². The van der Waals surface area contributed by atoms with Crippen LogP contribution in [0.5, 0.6) is 0 Å². The number of nitrogens with zero attached hydrogens (tertiary/aromatic N) is 2. The largest absolute Gasteiger partial charge is 0.416 e. The van der Waals surface area contributed by atoms with Crippen molar-refractivity contribution in [3.05, 3.63) is 65.2 Å². The fourth-order valence-electron chi connectivity index (χ4n) is 3.57. The molecular weight excluding hydrogens is 360 g/mol. The predicted octanol–water partition coefficient (Wildman–Crippen LogP) is 4.72. The molecule has 1 aliphatic rings. The molecule has 144 valence electrons. The fraction of sp³-hybridized carbons (Fsp3) is 0.400. The van der Waals surface area contributed by atoms with Crippen LogP contribution in [0, 0.1) is 11.7 Å². The number of aryl methyl sites for hydroxylation is 1. The number of alkyl halides is 3. The summed E-state index contributed by atoms with van der Waals surface area (Å²) in [6.07, 6.45) is 0.514. The van der Waals surface area contributed by atoms with Gasteiger partial charge in [-0.05, 0) is 49.3 Å². The summed E-state index contributed by atoms with van der Waals surface area (Å²) in [5.74, 6) is -0.744. The summed E-state index contributed by atoms with van der Waals surface area (Å²) >= 11 is 0. The molecule has 1 amide bonds. The van der Waals surface area contributed by atoms with Gasteiger partial charge in [-0.2, -0.15) is 13.2 Å². The Labute approximate surface area is 155 Å².